The maximum Gasteiger partial charge on any atom is 0.196 e. The Hall–Kier alpha value is -1.85. The molecule has 1 nitrogen and oxygen atoms in total. The first-order chi connectivity index (χ1) is 9.00. The first-order valence-corrected chi connectivity index (χ1v) is 7.15. The van der Waals surface area contributed by atoms with Gasteiger partial charge in [0.15, 0.2) is 5.69 Å². The Morgan fingerprint density at radius 2 is 1.84 bits per heavy atom. The normalized spacial score (nSPS) is 11.9. The van der Waals surface area contributed by atoms with Crippen LogP contribution in [0.1, 0.15) is 26.3 Å². The van der Waals surface area contributed by atoms with Crippen LogP contribution in [-0.2, 0) is 5.41 Å². The van der Waals surface area contributed by atoms with Gasteiger partial charge in [0.1, 0.15) is 0 Å². The minimum absolute atomic E-state index is 0.134. The van der Waals surface area contributed by atoms with Crippen molar-refractivity contribution in [3.8, 4) is 0 Å². The molecule has 3 rings (SSSR count). The van der Waals surface area contributed by atoms with Crippen LogP contribution in [0.15, 0.2) is 36.4 Å². The molecule has 3 aromatic rings. The molecule has 0 unspecified atom stereocenters. The predicted octanol–water partition coefficient (Wildman–Crippen LogP) is 5.90. The molecule has 0 amide bonds. The number of hydrogen-bond donors (Lipinski definition) is 0. The lowest BCUT2D eigenvalue weighted by atomic mass is 9.86. The molecule has 0 aliphatic heterocycles. The maximum atomic E-state index is 7.35. The van der Waals surface area contributed by atoms with E-state index >= 15 is 0 Å². The molecule has 2 aromatic carbocycles. The molecule has 2 heteroatoms. The van der Waals surface area contributed by atoms with Crippen molar-refractivity contribution in [2.24, 2.45) is 0 Å². The highest BCUT2D eigenvalue weighted by Gasteiger charge is 2.16. The molecule has 1 aromatic heterocycles. The van der Waals surface area contributed by atoms with Crippen LogP contribution in [-0.4, -0.2) is 0 Å². The van der Waals surface area contributed by atoms with Crippen LogP contribution in [0.4, 0.5) is 5.69 Å². The second kappa shape index (κ2) is 4.08. The monoisotopic (exact) mass is 265 g/mol. The number of hydrogen-bond acceptors (Lipinski definition) is 1. The summed E-state index contributed by atoms with van der Waals surface area (Å²) in [7, 11) is 0. The van der Waals surface area contributed by atoms with Crippen LogP contribution in [0.25, 0.3) is 25.0 Å². The van der Waals surface area contributed by atoms with Crippen LogP contribution in [0.3, 0.4) is 0 Å². The Morgan fingerprint density at radius 1 is 1.05 bits per heavy atom. The molecule has 0 saturated carbocycles. The van der Waals surface area contributed by atoms with Gasteiger partial charge in [-0.3, -0.25) is 0 Å². The Bertz CT molecular complexity index is 813. The highest BCUT2D eigenvalue weighted by Crippen LogP contribution is 2.40. The fourth-order valence-corrected chi connectivity index (χ4v) is 3.47. The van der Waals surface area contributed by atoms with Gasteiger partial charge in [0.2, 0.25) is 0 Å². The highest BCUT2D eigenvalue weighted by atomic mass is 32.1. The maximum absolute atomic E-state index is 7.35. The number of nitrogens with zero attached hydrogens (tertiary/aromatic N) is 1. The topological polar surface area (TPSA) is 4.36 Å². The highest BCUT2D eigenvalue weighted by molar-refractivity contribution is 7.25. The molecule has 0 spiro atoms. The summed E-state index contributed by atoms with van der Waals surface area (Å²) in [5.41, 5.74) is 2.21. The molecule has 0 aliphatic rings. The van der Waals surface area contributed by atoms with Gasteiger partial charge in [0, 0.05) is 14.8 Å². The summed E-state index contributed by atoms with van der Waals surface area (Å²) in [5, 5.41) is 2.34. The van der Waals surface area contributed by atoms with E-state index in [4.69, 9.17) is 6.57 Å². The molecule has 0 N–H and O–H groups in total. The minimum atomic E-state index is 0.134. The number of thiophene rings is 1. The van der Waals surface area contributed by atoms with Gasteiger partial charge in [-0.2, -0.15) is 0 Å². The summed E-state index contributed by atoms with van der Waals surface area (Å²) in [6, 6.07) is 12.6. The number of fused-ring (bicyclic) bond motifs is 3. The minimum Gasteiger partial charge on any atom is -0.237 e. The SMILES string of the molecule is [C-]#[N+]c1cccc2sc3ccc(C(C)(C)C)cc3c12. The largest absolute Gasteiger partial charge is 0.237 e. The van der Waals surface area contributed by atoms with Crippen molar-refractivity contribution in [3.63, 3.8) is 0 Å². The fourth-order valence-electron chi connectivity index (χ4n) is 2.37. The third kappa shape index (κ3) is 1.91. The van der Waals surface area contributed by atoms with Gasteiger partial charge >= 0.3 is 0 Å². The van der Waals surface area contributed by atoms with E-state index in [1.807, 2.05) is 12.1 Å². The zero-order valence-corrected chi connectivity index (χ0v) is 12.1. The van der Waals surface area contributed by atoms with Crippen LogP contribution in [0.2, 0.25) is 0 Å². The number of rotatable bonds is 0. The lowest BCUT2D eigenvalue weighted by molar-refractivity contribution is 0.591. The average Bonchev–Trinajstić information content (AvgIpc) is 2.75. The zero-order chi connectivity index (χ0) is 13.6. The van der Waals surface area contributed by atoms with Gasteiger partial charge in [-0.1, -0.05) is 45.0 Å². The third-order valence-electron chi connectivity index (χ3n) is 3.46. The van der Waals surface area contributed by atoms with Gasteiger partial charge in [0.05, 0.1) is 6.57 Å². The first-order valence-electron chi connectivity index (χ1n) is 6.34. The molecular weight excluding hydrogens is 250 g/mol. The van der Waals surface area contributed by atoms with E-state index in [1.165, 1.54) is 20.3 Å². The Kier molecular flexibility index (Phi) is 2.62. The second-order valence-electron chi connectivity index (χ2n) is 5.83. The van der Waals surface area contributed by atoms with Crippen molar-refractivity contribution < 1.29 is 0 Å². The molecule has 1 heterocycles. The van der Waals surface area contributed by atoms with E-state index in [1.54, 1.807) is 11.3 Å². The van der Waals surface area contributed by atoms with E-state index in [-0.39, 0.29) is 5.41 Å². The van der Waals surface area contributed by atoms with Gasteiger partial charge in [0.25, 0.3) is 0 Å². The molecule has 0 aliphatic carbocycles. The van der Waals surface area contributed by atoms with Crippen molar-refractivity contribution in [2.45, 2.75) is 26.2 Å². The van der Waals surface area contributed by atoms with Crippen LogP contribution in [0.5, 0.6) is 0 Å². The van der Waals surface area contributed by atoms with E-state index < -0.39 is 0 Å². The summed E-state index contributed by atoms with van der Waals surface area (Å²) < 4.78 is 2.47. The average molecular weight is 265 g/mol. The van der Waals surface area contributed by atoms with Crippen molar-refractivity contribution in [1.82, 2.24) is 0 Å². The lowest BCUT2D eigenvalue weighted by Gasteiger charge is -2.19. The lowest BCUT2D eigenvalue weighted by Crippen LogP contribution is -2.10. The summed E-state index contributed by atoms with van der Waals surface area (Å²) >= 11 is 1.77. The van der Waals surface area contributed by atoms with Crippen LogP contribution < -0.4 is 0 Å². The molecule has 94 valence electrons. The summed E-state index contributed by atoms with van der Waals surface area (Å²) in [6.45, 7) is 14.0. The van der Waals surface area contributed by atoms with Crippen molar-refractivity contribution in [1.29, 1.82) is 0 Å². The molecular formula is C17H15NS. The van der Waals surface area contributed by atoms with Gasteiger partial charge in [-0.05, 0) is 28.5 Å². The summed E-state index contributed by atoms with van der Waals surface area (Å²) in [5.74, 6) is 0. The summed E-state index contributed by atoms with van der Waals surface area (Å²) in [6.07, 6.45) is 0. The Morgan fingerprint density at radius 3 is 2.53 bits per heavy atom. The Balaban J connectivity index is 2.45. The molecule has 0 fully saturated rings. The molecule has 0 saturated heterocycles. The molecule has 0 radical (unpaired) electrons. The number of benzene rings is 2. The van der Waals surface area contributed by atoms with E-state index in [0.29, 0.717) is 0 Å². The Labute approximate surface area is 117 Å². The quantitative estimate of drug-likeness (QED) is 0.445. The predicted molar refractivity (Wildman–Crippen MR) is 84.3 cm³/mol. The van der Waals surface area contributed by atoms with Gasteiger partial charge < -0.3 is 0 Å². The van der Waals surface area contributed by atoms with E-state index in [9.17, 15) is 0 Å². The fraction of sp³-hybridized carbons (Fsp3) is 0.235. The van der Waals surface area contributed by atoms with Crippen LogP contribution >= 0.6 is 11.3 Å². The van der Waals surface area contributed by atoms with Gasteiger partial charge in [-0.25, -0.2) is 4.85 Å². The third-order valence-corrected chi connectivity index (χ3v) is 4.60. The molecule has 0 bridgehead atoms. The second-order valence-corrected chi connectivity index (χ2v) is 6.91. The smallest absolute Gasteiger partial charge is 0.196 e. The summed E-state index contributed by atoms with van der Waals surface area (Å²) in [4.78, 5) is 3.67. The van der Waals surface area contributed by atoms with Crippen molar-refractivity contribution in [3.05, 3.63) is 53.4 Å². The van der Waals surface area contributed by atoms with E-state index in [0.717, 1.165) is 11.1 Å². The van der Waals surface area contributed by atoms with Gasteiger partial charge in [-0.15, -0.1) is 11.3 Å². The molecule has 0 atom stereocenters. The molecule has 19 heavy (non-hydrogen) atoms. The standard InChI is InChI=1S/C17H15NS/c1-17(2,3)11-8-9-14-12(10-11)16-13(18-4)6-5-7-15(16)19-14/h5-10H,1-3H3. The van der Waals surface area contributed by atoms with Crippen molar-refractivity contribution >= 4 is 37.2 Å². The van der Waals surface area contributed by atoms with Crippen LogP contribution in [0, 0.1) is 6.57 Å². The zero-order valence-electron chi connectivity index (χ0n) is 11.3. The van der Waals surface area contributed by atoms with E-state index in [2.05, 4.69) is 49.9 Å². The first kappa shape index (κ1) is 12.2. The van der Waals surface area contributed by atoms with Crippen molar-refractivity contribution in [2.75, 3.05) is 0 Å².